The smallest absolute Gasteiger partial charge is 0.264 e. The first-order valence-electron chi connectivity index (χ1n) is 15.9. The molecule has 0 radical (unpaired) electrons. The fourth-order valence-electron chi connectivity index (χ4n) is 7.81. The van der Waals surface area contributed by atoms with Gasteiger partial charge in [0.2, 0.25) is 11.8 Å². The molecule has 1 saturated carbocycles. The number of hydrogen-bond acceptors (Lipinski definition) is 6. The average Bonchev–Trinajstić information content (AvgIpc) is 2.89. The topological polar surface area (TPSA) is 84.4 Å². The zero-order chi connectivity index (χ0) is 32.0. The standard InChI is InChI=1S/C36H50N4O3S/c1-23-12-10-13-24(2)32(23)30-17-31-38-34(37-30)39-44(41,42)29-15-11-14-26(16-29)33(27(22-43-31)19-35(4,5)6)25(3)18-36(7)20-28(21-36)40(8)9/h10-17,25,27-28,33H,18-22H2,1-9H3,(H,37,38,39)/t25?,27-,28-,33?,36-/m1/s1. The minimum absolute atomic E-state index is 0.0109. The van der Waals surface area contributed by atoms with Crippen molar-refractivity contribution in [3.63, 3.8) is 0 Å². The molecule has 0 amide bonds. The van der Waals surface area contributed by atoms with E-state index in [9.17, 15) is 8.42 Å². The first-order valence-corrected chi connectivity index (χ1v) is 17.4. The van der Waals surface area contributed by atoms with Crippen molar-refractivity contribution in [1.29, 1.82) is 0 Å². The van der Waals surface area contributed by atoms with Crippen LogP contribution in [0.25, 0.3) is 11.3 Å². The Kier molecular flexibility index (Phi) is 8.91. The van der Waals surface area contributed by atoms with Crippen molar-refractivity contribution < 1.29 is 13.2 Å². The number of sulfonamides is 1. The molecule has 1 aliphatic carbocycles. The van der Waals surface area contributed by atoms with Gasteiger partial charge in [0, 0.05) is 23.6 Å². The Balaban J connectivity index is 1.60. The Bertz CT molecular complexity index is 1590. The highest BCUT2D eigenvalue weighted by Gasteiger charge is 2.44. The zero-order valence-electron chi connectivity index (χ0n) is 27.9. The number of nitrogens with one attached hydrogen (secondary N) is 1. The number of anilines is 1. The van der Waals surface area contributed by atoms with Crippen LogP contribution in [0.5, 0.6) is 5.88 Å². The van der Waals surface area contributed by atoms with Crippen LogP contribution in [0.3, 0.4) is 0 Å². The van der Waals surface area contributed by atoms with Gasteiger partial charge in [-0.3, -0.25) is 0 Å². The largest absolute Gasteiger partial charge is 0.477 e. The molecule has 3 atom stereocenters. The van der Waals surface area contributed by atoms with Crippen LogP contribution in [-0.4, -0.2) is 50.0 Å². The number of ether oxygens (including phenoxy) is 1. The normalized spacial score (nSPS) is 25.5. The van der Waals surface area contributed by atoms with Crippen LogP contribution in [0, 0.1) is 36.5 Å². The minimum atomic E-state index is -3.95. The van der Waals surface area contributed by atoms with Gasteiger partial charge in [-0.2, -0.15) is 4.98 Å². The molecular weight excluding hydrogens is 568 g/mol. The lowest BCUT2D eigenvalue weighted by molar-refractivity contribution is 0.0126. The molecule has 1 fully saturated rings. The van der Waals surface area contributed by atoms with Crippen molar-refractivity contribution in [2.45, 2.75) is 91.0 Å². The number of fused-ring (bicyclic) bond motifs is 4. The lowest BCUT2D eigenvalue weighted by Crippen LogP contribution is -2.48. The quantitative estimate of drug-likeness (QED) is 0.303. The Hall–Kier alpha value is -2.97. The first kappa shape index (κ1) is 32.4. The predicted molar refractivity (Wildman–Crippen MR) is 179 cm³/mol. The highest BCUT2D eigenvalue weighted by molar-refractivity contribution is 7.92. The minimum Gasteiger partial charge on any atom is -0.477 e. The zero-order valence-corrected chi connectivity index (χ0v) is 28.8. The van der Waals surface area contributed by atoms with Gasteiger partial charge >= 0.3 is 0 Å². The second-order valence-corrected chi connectivity index (χ2v) is 16.9. The molecule has 238 valence electrons. The van der Waals surface area contributed by atoms with Crippen LogP contribution in [0.15, 0.2) is 53.4 Å². The van der Waals surface area contributed by atoms with E-state index < -0.39 is 10.0 Å². The van der Waals surface area contributed by atoms with Gasteiger partial charge < -0.3 is 9.64 Å². The molecular formula is C36H50N4O3S. The van der Waals surface area contributed by atoms with E-state index in [0.29, 0.717) is 30.1 Å². The molecule has 2 heterocycles. The van der Waals surface area contributed by atoms with Crippen LogP contribution in [-0.2, 0) is 10.0 Å². The molecule has 0 spiro atoms. The third-order valence-corrected chi connectivity index (χ3v) is 11.0. The molecule has 3 aromatic rings. The van der Waals surface area contributed by atoms with E-state index in [1.807, 2.05) is 50.2 Å². The Morgan fingerprint density at radius 3 is 2.34 bits per heavy atom. The van der Waals surface area contributed by atoms with E-state index in [-0.39, 0.29) is 33.5 Å². The maximum absolute atomic E-state index is 13.8. The van der Waals surface area contributed by atoms with Crippen molar-refractivity contribution >= 4 is 16.0 Å². The average molecular weight is 619 g/mol. The molecule has 1 aromatic heterocycles. The molecule has 4 bridgehead atoms. The van der Waals surface area contributed by atoms with Gasteiger partial charge in [-0.15, -0.1) is 0 Å². The molecule has 5 rings (SSSR count). The van der Waals surface area contributed by atoms with Crippen molar-refractivity contribution in [3.8, 4) is 17.1 Å². The maximum atomic E-state index is 13.8. The van der Waals surface area contributed by atoms with E-state index >= 15 is 0 Å². The van der Waals surface area contributed by atoms with E-state index in [1.54, 1.807) is 6.07 Å². The number of benzene rings is 2. The van der Waals surface area contributed by atoms with E-state index in [1.165, 1.54) is 12.8 Å². The Morgan fingerprint density at radius 2 is 1.70 bits per heavy atom. The molecule has 7 nitrogen and oxygen atoms in total. The summed E-state index contributed by atoms with van der Waals surface area (Å²) in [6.07, 6.45) is 4.36. The molecule has 1 aliphatic heterocycles. The van der Waals surface area contributed by atoms with Crippen molar-refractivity contribution in [2.24, 2.45) is 22.7 Å². The van der Waals surface area contributed by atoms with Gasteiger partial charge in [0.15, 0.2) is 0 Å². The molecule has 0 saturated heterocycles. The Morgan fingerprint density at radius 1 is 1.05 bits per heavy atom. The van der Waals surface area contributed by atoms with E-state index in [0.717, 1.165) is 35.1 Å². The summed E-state index contributed by atoms with van der Waals surface area (Å²) in [5.74, 6) is 0.963. The summed E-state index contributed by atoms with van der Waals surface area (Å²) in [5.41, 5.74) is 5.06. The van der Waals surface area contributed by atoms with Crippen molar-refractivity contribution in [1.82, 2.24) is 14.9 Å². The van der Waals surface area contributed by atoms with Gasteiger partial charge in [0.05, 0.1) is 17.2 Å². The summed E-state index contributed by atoms with van der Waals surface area (Å²) < 4.78 is 36.8. The molecule has 2 aromatic carbocycles. The third-order valence-electron chi connectivity index (χ3n) is 9.66. The number of aromatic nitrogens is 2. The maximum Gasteiger partial charge on any atom is 0.264 e. The second kappa shape index (κ2) is 12.1. The van der Waals surface area contributed by atoms with E-state index in [2.05, 4.69) is 74.4 Å². The number of nitrogens with zero attached hydrogens (tertiary/aromatic N) is 3. The summed E-state index contributed by atoms with van der Waals surface area (Å²) in [4.78, 5) is 11.8. The SMILES string of the molecule is Cc1cccc(C)c1-c1cc2nc(n1)NS(=O)(=O)c1cccc(c1)C(C(C)C[C@]1(C)C[C@@H](N(C)C)C1)[C@H](CC(C)(C)C)CO2. The summed E-state index contributed by atoms with van der Waals surface area (Å²) in [6, 6.07) is 16.1. The monoisotopic (exact) mass is 618 g/mol. The molecule has 44 heavy (non-hydrogen) atoms. The number of hydrogen-bond donors (Lipinski definition) is 1. The van der Waals surface area contributed by atoms with Crippen LogP contribution >= 0.6 is 0 Å². The molecule has 2 unspecified atom stereocenters. The third kappa shape index (κ3) is 7.12. The first-order chi connectivity index (χ1) is 20.5. The van der Waals surface area contributed by atoms with Crippen LogP contribution in [0.4, 0.5) is 5.95 Å². The van der Waals surface area contributed by atoms with Crippen LogP contribution < -0.4 is 9.46 Å². The van der Waals surface area contributed by atoms with Crippen LogP contribution in [0.1, 0.15) is 82.9 Å². The van der Waals surface area contributed by atoms with Gasteiger partial charge in [-0.1, -0.05) is 65.0 Å². The van der Waals surface area contributed by atoms with Crippen molar-refractivity contribution in [3.05, 3.63) is 65.2 Å². The summed E-state index contributed by atoms with van der Waals surface area (Å²) in [5, 5.41) is 0. The lowest BCUT2D eigenvalue weighted by Gasteiger charge is -2.50. The Labute approximate surface area is 264 Å². The number of rotatable bonds is 6. The highest BCUT2D eigenvalue weighted by Crippen LogP contribution is 2.51. The summed E-state index contributed by atoms with van der Waals surface area (Å²) in [7, 11) is 0.387. The van der Waals surface area contributed by atoms with Gasteiger partial charge in [-0.05, 0) is 105 Å². The van der Waals surface area contributed by atoms with Crippen LogP contribution in [0.2, 0.25) is 0 Å². The van der Waals surface area contributed by atoms with Gasteiger partial charge in [0.1, 0.15) is 0 Å². The van der Waals surface area contributed by atoms with E-state index in [4.69, 9.17) is 4.74 Å². The summed E-state index contributed by atoms with van der Waals surface area (Å²) in [6.45, 7) is 16.1. The highest BCUT2D eigenvalue weighted by atomic mass is 32.2. The van der Waals surface area contributed by atoms with Gasteiger partial charge in [0.25, 0.3) is 10.0 Å². The van der Waals surface area contributed by atoms with Gasteiger partial charge in [-0.25, -0.2) is 18.1 Å². The number of aryl methyl sites for hydroxylation is 2. The lowest BCUT2D eigenvalue weighted by atomic mass is 9.59. The predicted octanol–water partition coefficient (Wildman–Crippen LogP) is 7.85. The fourth-order valence-corrected chi connectivity index (χ4v) is 8.81. The fraction of sp³-hybridized carbons (Fsp3) is 0.556. The molecule has 1 N–H and O–H groups in total. The van der Waals surface area contributed by atoms with Crippen molar-refractivity contribution in [2.75, 3.05) is 25.4 Å². The molecule has 2 aliphatic rings. The second-order valence-electron chi connectivity index (χ2n) is 15.2. The molecule has 8 heteroatoms. The summed E-state index contributed by atoms with van der Waals surface area (Å²) >= 11 is 0.